The van der Waals surface area contributed by atoms with Crippen molar-refractivity contribution < 1.29 is 19.1 Å². The molecule has 0 saturated carbocycles. The largest absolute Gasteiger partial charge is 0.496 e. The summed E-state index contributed by atoms with van der Waals surface area (Å²) in [6, 6.07) is 3.60. The molecule has 1 rings (SSSR count). The number of methoxy groups -OCH3 is 1. The molecule has 5 heteroatoms. The van der Waals surface area contributed by atoms with Gasteiger partial charge in [0.1, 0.15) is 11.5 Å². The molecule has 4 nitrogen and oxygen atoms in total. The molecule has 0 heterocycles. The van der Waals surface area contributed by atoms with Crippen LogP contribution in [0.3, 0.4) is 0 Å². The summed E-state index contributed by atoms with van der Waals surface area (Å²) >= 11 is 6.07. The van der Waals surface area contributed by atoms with Gasteiger partial charge in [-0.3, -0.25) is 9.59 Å². The van der Waals surface area contributed by atoms with E-state index in [9.17, 15) is 9.59 Å². The number of esters is 1. The Morgan fingerprint density at radius 2 is 1.96 bits per heavy atom. The van der Waals surface area contributed by atoms with E-state index in [1.54, 1.807) is 27.0 Å². The van der Waals surface area contributed by atoms with Crippen molar-refractivity contribution >= 4 is 23.4 Å². The summed E-state index contributed by atoms with van der Waals surface area (Å²) in [5.41, 5.74) is 1.90. The molecule has 23 heavy (non-hydrogen) atoms. The molecule has 1 aromatic rings. The molecule has 1 unspecified atom stereocenters. The van der Waals surface area contributed by atoms with Crippen LogP contribution in [0.2, 0.25) is 5.02 Å². The molecule has 0 aliphatic heterocycles. The second kappa shape index (κ2) is 9.56. The number of Topliss-reactive ketones (excluding diaryl/α,β-unsaturated/α-hetero) is 1. The van der Waals surface area contributed by atoms with Gasteiger partial charge in [0.05, 0.1) is 19.6 Å². The lowest BCUT2D eigenvalue weighted by molar-refractivity contribution is -0.147. The van der Waals surface area contributed by atoms with E-state index in [0.717, 1.165) is 17.5 Å². The van der Waals surface area contributed by atoms with E-state index >= 15 is 0 Å². The van der Waals surface area contributed by atoms with Crippen LogP contribution in [0.4, 0.5) is 0 Å². The van der Waals surface area contributed by atoms with Gasteiger partial charge in [-0.15, -0.1) is 0 Å². The fraction of sp³-hybridized carbons (Fsp3) is 0.556. The van der Waals surface area contributed by atoms with Crippen LogP contribution in [0, 0.1) is 5.92 Å². The number of hydrogen-bond donors (Lipinski definition) is 0. The predicted octanol–water partition coefficient (Wildman–Crippen LogP) is 4.00. The van der Waals surface area contributed by atoms with Gasteiger partial charge in [-0.25, -0.2) is 0 Å². The number of carbonyl (C=O) groups excluding carboxylic acids is 2. The Morgan fingerprint density at radius 1 is 1.26 bits per heavy atom. The number of carbonyl (C=O) groups is 2. The zero-order chi connectivity index (χ0) is 17.4. The molecule has 0 aliphatic carbocycles. The minimum absolute atomic E-state index is 0.0801. The molecule has 0 bridgehead atoms. The van der Waals surface area contributed by atoms with Crippen LogP contribution in [0.5, 0.6) is 5.75 Å². The number of rotatable bonds is 9. The van der Waals surface area contributed by atoms with E-state index in [4.69, 9.17) is 21.1 Å². The van der Waals surface area contributed by atoms with E-state index in [1.165, 1.54) is 0 Å². The first-order valence-electron chi connectivity index (χ1n) is 7.96. The lowest BCUT2D eigenvalue weighted by atomic mass is 9.95. The number of benzene rings is 1. The third-order valence-electron chi connectivity index (χ3n) is 3.79. The fourth-order valence-corrected chi connectivity index (χ4v) is 2.66. The Morgan fingerprint density at radius 3 is 2.52 bits per heavy atom. The molecule has 1 aromatic carbocycles. The average Bonchev–Trinajstić information content (AvgIpc) is 2.53. The number of ketones is 1. The van der Waals surface area contributed by atoms with Crippen LogP contribution in [0.1, 0.15) is 44.7 Å². The highest BCUT2D eigenvalue weighted by Gasteiger charge is 2.18. The first-order chi connectivity index (χ1) is 10.9. The third kappa shape index (κ3) is 5.87. The van der Waals surface area contributed by atoms with Crippen LogP contribution in [0.15, 0.2) is 12.1 Å². The van der Waals surface area contributed by atoms with Gasteiger partial charge in [0, 0.05) is 23.4 Å². The maximum atomic E-state index is 12.3. The topological polar surface area (TPSA) is 52.6 Å². The second-order valence-electron chi connectivity index (χ2n) is 5.51. The van der Waals surface area contributed by atoms with Gasteiger partial charge in [0.15, 0.2) is 0 Å². The van der Waals surface area contributed by atoms with Crippen LogP contribution in [-0.2, 0) is 27.2 Å². The van der Waals surface area contributed by atoms with Gasteiger partial charge in [-0.1, -0.05) is 25.4 Å². The monoisotopic (exact) mass is 340 g/mol. The first-order valence-corrected chi connectivity index (χ1v) is 8.34. The molecule has 0 N–H and O–H groups in total. The van der Waals surface area contributed by atoms with Crippen molar-refractivity contribution in [1.82, 2.24) is 0 Å². The van der Waals surface area contributed by atoms with Gasteiger partial charge in [0.2, 0.25) is 0 Å². The molecular weight excluding hydrogens is 316 g/mol. The van der Waals surface area contributed by atoms with Gasteiger partial charge in [-0.05, 0) is 37.5 Å². The molecule has 0 aromatic heterocycles. The highest BCUT2D eigenvalue weighted by Crippen LogP contribution is 2.29. The lowest BCUT2D eigenvalue weighted by Gasteiger charge is -2.14. The highest BCUT2D eigenvalue weighted by molar-refractivity contribution is 6.30. The molecule has 0 saturated heterocycles. The van der Waals surface area contributed by atoms with Gasteiger partial charge >= 0.3 is 5.97 Å². The molecule has 0 fully saturated rings. The Labute approximate surface area is 143 Å². The molecule has 1 atom stereocenters. The fourth-order valence-electron chi connectivity index (χ4n) is 2.43. The molecule has 128 valence electrons. The van der Waals surface area contributed by atoms with Gasteiger partial charge in [-0.2, -0.15) is 0 Å². The maximum absolute atomic E-state index is 12.3. The molecule has 0 aliphatic rings. The zero-order valence-corrected chi connectivity index (χ0v) is 15.0. The van der Waals surface area contributed by atoms with Crippen molar-refractivity contribution in [3.8, 4) is 5.75 Å². The van der Waals surface area contributed by atoms with Crippen molar-refractivity contribution in [2.24, 2.45) is 5.92 Å². The average molecular weight is 341 g/mol. The predicted molar refractivity (Wildman–Crippen MR) is 91.1 cm³/mol. The Hall–Kier alpha value is -1.55. The van der Waals surface area contributed by atoms with Crippen molar-refractivity contribution in [2.45, 2.75) is 46.5 Å². The van der Waals surface area contributed by atoms with E-state index in [1.807, 2.05) is 13.0 Å². The van der Waals surface area contributed by atoms with Crippen LogP contribution < -0.4 is 4.74 Å². The summed E-state index contributed by atoms with van der Waals surface area (Å²) in [6.45, 7) is 5.93. The van der Waals surface area contributed by atoms with E-state index in [2.05, 4.69) is 0 Å². The van der Waals surface area contributed by atoms with E-state index in [0.29, 0.717) is 36.6 Å². The second-order valence-corrected chi connectivity index (χ2v) is 5.94. The van der Waals surface area contributed by atoms with Gasteiger partial charge < -0.3 is 9.47 Å². The maximum Gasteiger partial charge on any atom is 0.308 e. The van der Waals surface area contributed by atoms with Crippen LogP contribution in [-0.4, -0.2) is 25.5 Å². The number of halogens is 1. The van der Waals surface area contributed by atoms with E-state index < -0.39 is 0 Å². The standard InChI is InChI=1S/C18H25ClO4/c1-5-13-9-14(19)10-17(22-4)16(13)11-15(20)8-7-12(3)18(21)23-6-2/h9-10,12H,5-8,11H2,1-4H3. The number of ether oxygens (including phenoxy) is 2. The summed E-state index contributed by atoms with van der Waals surface area (Å²) < 4.78 is 10.3. The Bertz CT molecular complexity index is 529. The minimum atomic E-state index is -0.267. The van der Waals surface area contributed by atoms with Crippen molar-refractivity contribution in [3.05, 3.63) is 28.3 Å². The molecule has 0 radical (unpaired) electrons. The SMILES string of the molecule is CCOC(=O)C(C)CCC(=O)Cc1c(CC)cc(Cl)cc1OC. The van der Waals surface area contributed by atoms with Crippen molar-refractivity contribution in [3.63, 3.8) is 0 Å². The summed E-state index contributed by atoms with van der Waals surface area (Å²) in [4.78, 5) is 23.9. The first kappa shape index (κ1) is 19.5. The Balaban J connectivity index is 2.72. The summed E-state index contributed by atoms with van der Waals surface area (Å²) in [6.07, 6.45) is 1.90. The van der Waals surface area contributed by atoms with E-state index in [-0.39, 0.29) is 17.7 Å². The summed E-state index contributed by atoms with van der Waals surface area (Å²) in [7, 11) is 1.57. The quantitative estimate of drug-likeness (QED) is 0.637. The summed E-state index contributed by atoms with van der Waals surface area (Å²) in [5.74, 6) is 0.202. The minimum Gasteiger partial charge on any atom is -0.496 e. The van der Waals surface area contributed by atoms with Gasteiger partial charge in [0.25, 0.3) is 0 Å². The number of aryl methyl sites for hydroxylation is 1. The number of hydrogen-bond acceptors (Lipinski definition) is 4. The van der Waals surface area contributed by atoms with Crippen molar-refractivity contribution in [1.29, 1.82) is 0 Å². The highest BCUT2D eigenvalue weighted by atomic mass is 35.5. The lowest BCUT2D eigenvalue weighted by Crippen LogP contribution is -2.16. The van der Waals surface area contributed by atoms with Crippen molar-refractivity contribution in [2.75, 3.05) is 13.7 Å². The molecule has 0 spiro atoms. The van der Waals surface area contributed by atoms with Crippen LogP contribution in [0.25, 0.3) is 0 Å². The Kier molecular flexibility index (Phi) is 8.10. The van der Waals surface area contributed by atoms with Crippen LogP contribution >= 0.6 is 11.6 Å². The zero-order valence-electron chi connectivity index (χ0n) is 14.3. The third-order valence-corrected chi connectivity index (χ3v) is 4.00. The smallest absolute Gasteiger partial charge is 0.308 e. The molecule has 0 amide bonds. The normalized spacial score (nSPS) is 11.9. The molecular formula is C18H25ClO4. The summed E-state index contributed by atoms with van der Waals surface area (Å²) in [5, 5.41) is 0.603.